The zero-order valence-electron chi connectivity index (χ0n) is 11.8. The molecule has 0 aliphatic carbocycles. The van der Waals surface area contributed by atoms with Gasteiger partial charge in [0.2, 0.25) is 5.91 Å². The van der Waals surface area contributed by atoms with Crippen LogP contribution in [0.2, 0.25) is 0 Å². The molecule has 1 N–H and O–H groups in total. The highest BCUT2D eigenvalue weighted by Gasteiger charge is 2.10. The van der Waals surface area contributed by atoms with Crippen molar-refractivity contribution in [1.29, 1.82) is 0 Å². The number of amides is 1. The molecule has 0 aliphatic rings. The Hall–Kier alpha value is -1.73. The first-order chi connectivity index (χ1) is 9.87. The first-order valence-corrected chi connectivity index (χ1v) is 9.34. The van der Waals surface area contributed by atoms with E-state index in [0.29, 0.717) is 11.4 Å². The predicted octanol–water partition coefficient (Wildman–Crippen LogP) is 2.70. The van der Waals surface area contributed by atoms with Gasteiger partial charge in [-0.05, 0) is 12.1 Å². The molecule has 0 radical (unpaired) electrons. The number of benzene rings is 1. The Morgan fingerprint density at radius 3 is 2.52 bits per heavy atom. The largest absolute Gasteiger partial charge is 0.326 e. The zero-order chi connectivity index (χ0) is 15.5. The maximum absolute atomic E-state index is 11.3. The van der Waals surface area contributed by atoms with E-state index in [0.717, 1.165) is 16.9 Å². The summed E-state index contributed by atoms with van der Waals surface area (Å²) in [5.74, 6) is -0.0747. The van der Waals surface area contributed by atoms with E-state index < -0.39 is 9.84 Å². The fraction of sp³-hybridized carbons (Fsp3) is 0.286. The van der Waals surface area contributed by atoms with Crippen LogP contribution in [0.5, 0.6) is 0 Å². The fourth-order valence-corrected chi connectivity index (χ4v) is 3.72. The summed E-state index contributed by atoms with van der Waals surface area (Å²) in [4.78, 5) is 15.6. The van der Waals surface area contributed by atoms with Gasteiger partial charge in [-0.2, -0.15) is 0 Å². The number of hydrogen-bond acceptors (Lipinski definition) is 5. The fourth-order valence-electron chi connectivity index (χ4n) is 1.71. The van der Waals surface area contributed by atoms with Crippen molar-refractivity contribution in [3.63, 3.8) is 0 Å². The maximum atomic E-state index is 11.3. The molecule has 0 bridgehead atoms. The SMILES string of the molecule is CCC(=O)Nc1ccc(-c2csc(CS(C)(=O)=O)n2)cc1. The molecule has 0 spiro atoms. The van der Waals surface area contributed by atoms with Crippen LogP contribution in [0.3, 0.4) is 0 Å². The topological polar surface area (TPSA) is 76.1 Å². The molecule has 21 heavy (non-hydrogen) atoms. The highest BCUT2D eigenvalue weighted by Crippen LogP contribution is 2.24. The summed E-state index contributed by atoms with van der Waals surface area (Å²) in [6, 6.07) is 7.31. The highest BCUT2D eigenvalue weighted by molar-refractivity contribution is 7.90. The smallest absolute Gasteiger partial charge is 0.224 e. The van der Waals surface area contributed by atoms with Gasteiger partial charge in [0.1, 0.15) is 10.8 Å². The second-order valence-electron chi connectivity index (χ2n) is 4.68. The highest BCUT2D eigenvalue weighted by atomic mass is 32.2. The summed E-state index contributed by atoms with van der Waals surface area (Å²) in [6.07, 6.45) is 1.63. The van der Waals surface area contributed by atoms with Crippen LogP contribution < -0.4 is 5.32 Å². The summed E-state index contributed by atoms with van der Waals surface area (Å²) in [5.41, 5.74) is 2.37. The number of carbonyl (C=O) groups excluding carboxylic acids is 1. The summed E-state index contributed by atoms with van der Waals surface area (Å²) in [5, 5.41) is 5.18. The van der Waals surface area contributed by atoms with E-state index in [2.05, 4.69) is 10.3 Å². The summed E-state index contributed by atoms with van der Waals surface area (Å²) in [7, 11) is -3.07. The lowest BCUT2D eigenvalue weighted by Gasteiger charge is -2.04. The molecular weight excluding hydrogens is 308 g/mol. The lowest BCUT2D eigenvalue weighted by atomic mass is 10.1. The molecule has 0 saturated carbocycles. The van der Waals surface area contributed by atoms with E-state index in [4.69, 9.17) is 0 Å². The number of sulfone groups is 1. The second kappa shape index (κ2) is 6.36. The number of anilines is 1. The predicted molar refractivity (Wildman–Crippen MR) is 85.0 cm³/mol. The van der Waals surface area contributed by atoms with Gasteiger partial charge in [-0.25, -0.2) is 13.4 Å². The van der Waals surface area contributed by atoms with E-state index in [-0.39, 0.29) is 11.7 Å². The molecule has 5 nitrogen and oxygen atoms in total. The van der Waals surface area contributed by atoms with Crippen LogP contribution in [0.1, 0.15) is 18.4 Å². The molecule has 1 heterocycles. The molecule has 2 aromatic rings. The van der Waals surface area contributed by atoms with Gasteiger partial charge in [0, 0.05) is 29.3 Å². The van der Waals surface area contributed by atoms with Crippen molar-refractivity contribution >= 4 is 32.8 Å². The molecule has 1 amide bonds. The summed E-state index contributed by atoms with van der Waals surface area (Å²) >= 11 is 1.33. The van der Waals surface area contributed by atoms with Crippen LogP contribution in [0.4, 0.5) is 5.69 Å². The Kier molecular flexibility index (Phi) is 4.74. The van der Waals surface area contributed by atoms with Gasteiger partial charge in [-0.1, -0.05) is 19.1 Å². The van der Waals surface area contributed by atoms with Crippen molar-refractivity contribution in [3.05, 3.63) is 34.7 Å². The van der Waals surface area contributed by atoms with Crippen LogP contribution in [0.15, 0.2) is 29.6 Å². The quantitative estimate of drug-likeness (QED) is 0.917. The lowest BCUT2D eigenvalue weighted by molar-refractivity contribution is -0.115. The molecule has 1 aromatic heterocycles. The zero-order valence-corrected chi connectivity index (χ0v) is 13.4. The first-order valence-electron chi connectivity index (χ1n) is 6.40. The van der Waals surface area contributed by atoms with E-state index in [1.165, 1.54) is 17.6 Å². The van der Waals surface area contributed by atoms with Crippen LogP contribution >= 0.6 is 11.3 Å². The molecule has 0 atom stereocenters. The van der Waals surface area contributed by atoms with Crippen molar-refractivity contribution in [1.82, 2.24) is 4.98 Å². The molecule has 0 unspecified atom stereocenters. The number of nitrogens with one attached hydrogen (secondary N) is 1. The normalized spacial score (nSPS) is 11.3. The third-order valence-corrected chi connectivity index (χ3v) is 4.55. The number of carbonyl (C=O) groups is 1. The van der Waals surface area contributed by atoms with E-state index in [1.807, 2.05) is 17.5 Å². The number of nitrogens with zero attached hydrogens (tertiary/aromatic N) is 1. The van der Waals surface area contributed by atoms with E-state index in [9.17, 15) is 13.2 Å². The average molecular weight is 324 g/mol. The minimum atomic E-state index is -3.07. The van der Waals surface area contributed by atoms with Gasteiger partial charge < -0.3 is 5.32 Å². The van der Waals surface area contributed by atoms with Crippen molar-refractivity contribution in [2.45, 2.75) is 19.1 Å². The molecule has 2 rings (SSSR count). The van der Waals surface area contributed by atoms with Gasteiger partial charge in [0.15, 0.2) is 9.84 Å². The standard InChI is InChI=1S/C14H16N2O3S2/c1-3-13(17)15-11-6-4-10(5-7-11)12-8-20-14(16-12)9-21(2,18)19/h4-8H,3,9H2,1-2H3,(H,15,17). The van der Waals surface area contributed by atoms with Gasteiger partial charge >= 0.3 is 0 Å². The lowest BCUT2D eigenvalue weighted by Crippen LogP contribution is -2.08. The van der Waals surface area contributed by atoms with Gasteiger partial charge in [-0.15, -0.1) is 11.3 Å². The number of aromatic nitrogens is 1. The van der Waals surface area contributed by atoms with Crippen LogP contribution in [0.25, 0.3) is 11.3 Å². The van der Waals surface area contributed by atoms with Crippen molar-refractivity contribution in [2.75, 3.05) is 11.6 Å². The van der Waals surface area contributed by atoms with Crippen LogP contribution in [-0.4, -0.2) is 25.6 Å². The maximum Gasteiger partial charge on any atom is 0.224 e. The Bertz CT molecular complexity index is 734. The Balaban J connectivity index is 2.14. The average Bonchev–Trinajstić information content (AvgIpc) is 2.85. The number of hydrogen-bond donors (Lipinski definition) is 1. The minimum Gasteiger partial charge on any atom is -0.326 e. The van der Waals surface area contributed by atoms with Crippen molar-refractivity contribution < 1.29 is 13.2 Å². The molecular formula is C14H16N2O3S2. The number of thiazole rings is 1. The Morgan fingerprint density at radius 1 is 1.29 bits per heavy atom. The third kappa shape index (κ3) is 4.64. The summed E-state index contributed by atoms with van der Waals surface area (Å²) < 4.78 is 22.5. The molecule has 0 saturated heterocycles. The van der Waals surface area contributed by atoms with Crippen molar-refractivity contribution in [3.8, 4) is 11.3 Å². The third-order valence-electron chi connectivity index (χ3n) is 2.72. The van der Waals surface area contributed by atoms with Gasteiger partial charge in [0.05, 0.1) is 5.69 Å². The molecule has 0 fully saturated rings. The Labute approximate surface area is 128 Å². The monoisotopic (exact) mass is 324 g/mol. The summed E-state index contributed by atoms with van der Waals surface area (Å²) in [6.45, 7) is 1.79. The minimum absolute atomic E-state index is 0.0353. The van der Waals surface area contributed by atoms with Crippen molar-refractivity contribution in [2.24, 2.45) is 0 Å². The molecule has 7 heteroatoms. The second-order valence-corrected chi connectivity index (χ2v) is 7.76. The first kappa shape index (κ1) is 15.7. The molecule has 1 aromatic carbocycles. The molecule has 0 aliphatic heterocycles. The molecule has 112 valence electrons. The van der Waals surface area contributed by atoms with E-state index in [1.54, 1.807) is 19.1 Å². The Morgan fingerprint density at radius 2 is 1.95 bits per heavy atom. The van der Waals surface area contributed by atoms with Crippen LogP contribution in [-0.2, 0) is 20.4 Å². The number of rotatable bonds is 5. The van der Waals surface area contributed by atoms with Gasteiger partial charge in [0.25, 0.3) is 0 Å². The van der Waals surface area contributed by atoms with E-state index >= 15 is 0 Å². The van der Waals surface area contributed by atoms with Gasteiger partial charge in [-0.3, -0.25) is 4.79 Å². The van der Waals surface area contributed by atoms with Crippen LogP contribution in [0, 0.1) is 0 Å².